The van der Waals surface area contributed by atoms with Gasteiger partial charge in [0.2, 0.25) is 5.91 Å². The fourth-order valence-electron chi connectivity index (χ4n) is 3.62. The Hall–Kier alpha value is -3.75. The Labute approximate surface area is 180 Å². The summed E-state index contributed by atoms with van der Waals surface area (Å²) in [5.74, 6) is -0.0403. The van der Waals surface area contributed by atoms with Gasteiger partial charge in [-0.05, 0) is 47.2 Å². The molecular weight excluding hydrogens is 394 g/mol. The Morgan fingerprint density at radius 1 is 0.935 bits per heavy atom. The van der Waals surface area contributed by atoms with Crippen molar-refractivity contribution in [2.45, 2.75) is 12.8 Å². The number of benzene rings is 2. The second-order valence-electron chi connectivity index (χ2n) is 7.37. The molecule has 0 bridgehead atoms. The van der Waals surface area contributed by atoms with Crippen LogP contribution in [0.4, 0.5) is 5.69 Å². The zero-order valence-electron chi connectivity index (χ0n) is 17.2. The number of nitrogens with zero attached hydrogens (tertiary/aromatic N) is 6. The Morgan fingerprint density at radius 3 is 2.45 bits per heavy atom. The van der Waals surface area contributed by atoms with E-state index in [0.717, 1.165) is 26.2 Å². The summed E-state index contributed by atoms with van der Waals surface area (Å²) in [6, 6.07) is 17.3. The van der Waals surface area contributed by atoms with Crippen molar-refractivity contribution < 1.29 is 9.59 Å². The normalized spacial score (nSPS) is 13.8. The third-order valence-electron chi connectivity index (χ3n) is 5.33. The Bertz CT molecular complexity index is 1000. The van der Waals surface area contributed by atoms with E-state index < -0.39 is 0 Å². The predicted molar refractivity (Wildman–Crippen MR) is 116 cm³/mol. The van der Waals surface area contributed by atoms with Crippen LogP contribution in [0.25, 0.3) is 5.69 Å². The first-order chi connectivity index (χ1) is 15.2. The van der Waals surface area contributed by atoms with Crippen molar-refractivity contribution in [3.05, 3.63) is 66.5 Å². The van der Waals surface area contributed by atoms with Crippen LogP contribution in [0.3, 0.4) is 0 Å². The number of hydrogen-bond donors (Lipinski definition) is 1. The number of aromatic nitrogens is 4. The minimum Gasteiger partial charge on any atom is -0.368 e. The van der Waals surface area contributed by atoms with E-state index in [1.165, 1.54) is 16.7 Å². The highest BCUT2D eigenvalue weighted by Gasteiger charge is 2.20. The first kappa shape index (κ1) is 20.5. The molecule has 2 heterocycles. The zero-order chi connectivity index (χ0) is 21.5. The number of rotatable bonds is 7. The molecule has 1 aromatic heterocycles. The number of nitrogens with one attached hydrogen (secondary N) is 1. The molecule has 0 atom stereocenters. The van der Waals surface area contributed by atoms with E-state index in [2.05, 4.69) is 37.9 Å². The van der Waals surface area contributed by atoms with Gasteiger partial charge in [0, 0.05) is 50.4 Å². The van der Waals surface area contributed by atoms with Gasteiger partial charge in [0.25, 0.3) is 5.91 Å². The lowest BCUT2D eigenvalue weighted by molar-refractivity contribution is -0.131. The maximum Gasteiger partial charge on any atom is 0.251 e. The largest absolute Gasteiger partial charge is 0.368 e. The van der Waals surface area contributed by atoms with Crippen LogP contribution in [0.1, 0.15) is 23.2 Å². The third-order valence-corrected chi connectivity index (χ3v) is 5.33. The van der Waals surface area contributed by atoms with Crippen molar-refractivity contribution in [1.29, 1.82) is 0 Å². The second kappa shape index (κ2) is 9.84. The van der Waals surface area contributed by atoms with Crippen molar-refractivity contribution >= 4 is 17.5 Å². The average Bonchev–Trinajstić information content (AvgIpc) is 3.37. The molecule has 160 valence electrons. The lowest BCUT2D eigenvalue weighted by Crippen LogP contribution is -2.48. The van der Waals surface area contributed by atoms with Crippen LogP contribution >= 0.6 is 0 Å². The molecule has 1 aliphatic heterocycles. The highest BCUT2D eigenvalue weighted by molar-refractivity contribution is 5.94. The van der Waals surface area contributed by atoms with Gasteiger partial charge in [0.15, 0.2) is 0 Å². The molecule has 2 aromatic carbocycles. The Kier molecular flexibility index (Phi) is 6.51. The van der Waals surface area contributed by atoms with Gasteiger partial charge in [-0.1, -0.05) is 24.3 Å². The van der Waals surface area contributed by atoms with Crippen molar-refractivity contribution in [3.63, 3.8) is 0 Å². The smallest absolute Gasteiger partial charge is 0.251 e. The summed E-state index contributed by atoms with van der Waals surface area (Å²) in [6.45, 7) is 3.58. The van der Waals surface area contributed by atoms with E-state index in [0.29, 0.717) is 30.6 Å². The molecule has 1 N–H and O–H groups in total. The van der Waals surface area contributed by atoms with Crippen LogP contribution in [-0.2, 0) is 4.79 Å². The van der Waals surface area contributed by atoms with Gasteiger partial charge < -0.3 is 15.1 Å². The van der Waals surface area contributed by atoms with E-state index >= 15 is 0 Å². The highest BCUT2D eigenvalue weighted by Crippen LogP contribution is 2.16. The number of tetrazole rings is 1. The van der Waals surface area contributed by atoms with Gasteiger partial charge in [0.05, 0.1) is 5.69 Å². The van der Waals surface area contributed by atoms with Crippen LogP contribution in [0.5, 0.6) is 0 Å². The number of carbonyl (C=O) groups is 2. The fourth-order valence-corrected chi connectivity index (χ4v) is 3.62. The summed E-state index contributed by atoms with van der Waals surface area (Å²) in [5, 5.41) is 13.9. The summed E-state index contributed by atoms with van der Waals surface area (Å²) in [4.78, 5) is 29.1. The minimum atomic E-state index is -0.182. The average molecular weight is 419 g/mol. The molecule has 9 heteroatoms. The summed E-state index contributed by atoms with van der Waals surface area (Å²) >= 11 is 0. The van der Waals surface area contributed by atoms with E-state index in [4.69, 9.17) is 0 Å². The molecule has 9 nitrogen and oxygen atoms in total. The van der Waals surface area contributed by atoms with Crippen molar-refractivity contribution in [3.8, 4) is 5.69 Å². The lowest BCUT2D eigenvalue weighted by Gasteiger charge is -2.36. The number of carbonyl (C=O) groups excluding carboxylic acids is 2. The van der Waals surface area contributed by atoms with Crippen molar-refractivity contribution in [1.82, 2.24) is 30.4 Å². The van der Waals surface area contributed by atoms with Gasteiger partial charge in [-0.15, -0.1) is 5.10 Å². The molecule has 3 aromatic rings. The molecule has 1 fully saturated rings. The van der Waals surface area contributed by atoms with Crippen molar-refractivity contribution in [2.24, 2.45) is 0 Å². The van der Waals surface area contributed by atoms with Crippen LogP contribution in [-0.4, -0.2) is 69.6 Å². The first-order valence-electron chi connectivity index (χ1n) is 10.4. The summed E-state index contributed by atoms with van der Waals surface area (Å²) in [6.07, 6.45) is 2.51. The molecule has 0 unspecified atom stereocenters. The third kappa shape index (κ3) is 5.25. The van der Waals surface area contributed by atoms with Crippen LogP contribution < -0.4 is 10.2 Å². The van der Waals surface area contributed by atoms with Gasteiger partial charge in [-0.2, -0.15) is 0 Å². The topological polar surface area (TPSA) is 96.2 Å². The Balaban J connectivity index is 1.18. The molecule has 4 rings (SSSR count). The molecule has 31 heavy (non-hydrogen) atoms. The number of anilines is 1. The predicted octanol–water partition coefficient (Wildman–Crippen LogP) is 1.52. The zero-order valence-corrected chi connectivity index (χ0v) is 17.2. The number of amides is 2. The molecule has 1 saturated heterocycles. The fraction of sp³-hybridized carbons (Fsp3) is 0.318. The van der Waals surface area contributed by atoms with Crippen molar-refractivity contribution in [2.75, 3.05) is 37.6 Å². The second-order valence-corrected chi connectivity index (χ2v) is 7.37. The van der Waals surface area contributed by atoms with Gasteiger partial charge in [-0.25, -0.2) is 4.68 Å². The highest BCUT2D eigenvalue weighted by atomic mass is 16.2. The summed E-state index contributed by atoms with van der Waals surface area (Å²) < 4.78 is 1.49. The van der Waals surface area contributed by atoms with Gasteiger partial charge >= 0.3 is 0 Å². The van der Waals surface area contributed by atoms with E-state index in [-0.39, 0.29) is 11.8 Å². The SMILES string of the molecule is O=C(NCCCC(=O)N1CCN(c2ccccc2)CC1)c1cccc(-n2cnnn2)c1. The molecule has 0 aliphatic carbocycles. The van der Waals surface area contributed by atoms with E-state index in [9.17, 15) is 9.59 Å². The summed E-state index contributed by atoms with van der Waals surface area (Å²) in [5.41, 5.74) is 2.43. The Morgan fingerprint density at radius 2 is 1.71 bits per heavy atom. The van der Waals surface area contributed by atoms with Gasteiger partial charge in [0.1, 0.15) is 6.33 Å². The monoisotopic (exact) mass is 419 g/mol. The van der Waals surface area contributed by atoms with E-state index in [1.54, 1.807) is 18.2 Å². The molecule has 0 radical (unpaired) electrons. The maximum absolute atomic E-state index is 12.5. The number of hydrogen-bond acceptors (Lipinski definition) is 6. The van der Waals surface area contributed by atoms with Crippen LogP contribution in [0, 0.1) is 0 Å². The lowest BCUT2D eigenvalue weighted by atomic mass is 10.2. The molecular formula is C22H25N7O2. The standard InChI is InChI=1S/C22H25N7O2/c30-21(28-14-12-27(13-15-28)19-7-2-1-3-8-19)10-5-11-23-22(31)18-6-4-9-20(16-18)29-17-24-25-26-29/h1-4,6-9,16-17H,5,10-15H2,(H,23,31). The van der Waals surface area contributed by atoms with Crippen LogP contribution in [0.2, 0.25) is 0 Å². The molecule has 0 saturated carbocycles. The summed E-state index contributed by atoms with van der Waals surface area (Å²) in [7, 11) is 0. The van der Waals surface area contributed by atoms with Gasteiger partial charge in [-0.3, -0.25) is 9.59 Å². The number of piperazine rings is 1. The first-order valence-corrected chi connectivity index (χ1v) is 10.4. The molecule has 2 amide bonds. The quantitative estimate of drug-likeness (QED) is 0.584. The minimum absolute atomic E-state index is 0.141. The van der Waals surface area contributed by atoms with E-state index in [1.807, 2.05) is 29.2 Å². The molecule has 0 spiro atoms. The maximum atomic E-state index is 12.5. The van der Waals surface area contributed by atoms with Crippen LogP contribution in [0.15, 0.2) is 60.9 Å². The number of para-hydroxylation sites is 1. The molecule has 1 aliphatic rings.